The number of hydrogen-bond donors (Lipinski definition) is 3. The summed E-state index contributed by atoms with van der Waals surface area (Å²) in [6, 6.07) is 10.7. The Bertz CT molecular complexity index is 744. The molecule has 0 aliphatic rings. The second kappa shape index (κ2) is 4.77. The van der Waals surface area contributed by atoms with Crippen LogP contribution < -0.4 is 11.1 Å². The summed E-state index contributed by atoms with van der Waals surface area (Å²) in [6.45, 7) is 1.87. The van der Waals surface area contributed by atoms with Crippen molar-refractivity contribution < 1.29 is 9.21 Å². The van der Waals surface area contributed by atoms with Crippen molar-refractivity contribution >= 4 is 22.5 Å². The van der Waals surface area contributed by atoms with Crippen molar-refractivity contribution in [2.75, 3.05) is 5.73 Å². The van der Waals surface area contributed by atoms with Gasteiger partial charge in [0, 0.05) is 16.6 Å². The minimum Gasteiger partial charge on any atom is -0.467 e. The molecule has 1 unspecified atom stereocenters. The molecule has 2 aromatic heterocycles. The standard InChI is InChI=1S/C15H15N3O2/c1-9(14-3-2-6-20-14)17-15(19)13-8-10-7-11(16)4-5-12(10)18-13/h2-9,18H,16H2,1H3,(H,17,19). The topological polar surface area (TPSA) is 84.0 Å². The van der Waals surface area contributed by atoms with E-state index in [1.807, 2.05) is 25.1 Å². The molecule has 5 nitrogen and oxygen atoms in total. The molecule has 5 heteroatoms. The zero-order chi connectivity index (χ0) is 14.1. The quantitative estimate of drug-likeness (QED) is 0.639. The Kier molecular flexibility index (Phi) is 2.95. The summed E-state index contributed by atoms with van der Waals surface area (Å²) in [6.07, 6.45) is 1.59. The van der Waals surface area contributed by atoms with Crippen LogP contribution >= 0.6 is 0 Å². The Balaban J connectivity index is 1.82. The Morgan fingerprint density at radius 3 is 2.95 bits per heavy atom. The maximum absolute atomic E-state index is 12.2. The van der Waals surface area contributed by atoms with Crippen LogP contribution in [0.5, 0.6) is 0 Å². The monoisotopic (exact) mass is 269 g/mol. The van der Waals surface area contributed by atoms with E-state index >= 15 is 0 Å². The number of rotatable bonds is 3. The fourth-order valence-corrected chi connectivity index (χ4v) is 2.16. The minimum absolute atomic E-state index is 0.177. The number of nitrogens with two attached hydrogens (primary N) is 1. The van der Waals surface area contributed by atoms with Crippen LogP contribution in [-0.2, 0) is 0 Å². The molecule has 0 fully saturated rings. The van der Waals surface area contributed by atoms with E-state index in [0.717, 1.165) is 16.7 Å². The van der Waals surface area contributed by atoms with Gasteiger partial charge in [0.25, 0.3) is 5.91 Å². The summed E-state index contributed by atoms with van der Waals surface area (Å²) in [5, 5.41) is 3.80. The van der Waals surface area contributed by atoms with Gasteiger partial charge in [-0.15, -0.1) is 0 Å². The summed E-state index contributed by atoms with van der Waals surface area (Å²) < 4.78 is 5.27. The Morgan fingerprint density at radius 2 is 2.20 bits per heavy atom. The number of anilines is 1. The summed E-state index contributed by atoms with van der Waals surface area (Å²) >= 11 is 0. The molecule has 0 aliphatic heterocycles. The molecule has 2 heterocycles. The van der Waals surface area contributed by atoms with Gasteiger partial charge < -0.3 is 20.5 Å². The van der Waals surface area contributed by atoms with Crippen LogP contribution in [0.2, 0.25) is 0 Å². The number of fused-ring (bicyclic) bond motifs is 1. The first kappa shape index (κ1) is 12.3. The lowest BCUT2D eigenvalue weighted by atomic mass is 10.2. The molecule has 102 valence electrons. The van der Waals surface area contributed by atoms with Crippen LogP contribution in [0.1, 0.15) is 29.2 Å². The molecule has 20 heavy (non-hydrogen) atoms. The molecule has 3 rings (SSSR count). The molecular formula is C15H15N3O2. The van der Waals surface area contributed by atoms with Gasteiger partial charge in [-0.25, -0.2) is 0 Å². The first-order chi connectivity index (χ1) is 9.63. The van der Waals surface area contributed by atoms with Crippen molar-refractivity contribution in [3.05, 3.63) is 54.1 Å². The highest BCUT2D eigenvalue weighted by atomic mass is 16.3. The number of H-pyrrole nitrogens is 1. The van der Waals surface area contributed by atoms with Gasteiger partial charge in [-0.2, -0.15) is 0 Å². The average molecular weight is 269 g/mol. The van der Waals surface area contributed by atoms with Gasteiger partial charge in [-0.05, 0) is 43.3 Å². The van der Waals surface area contributed by atoms with Gasteiger partial charge >= 0.3 is 0 Å². The van der Waals surface area contributed by atoms with E-state index in [1.165, 1.54) is 0 Å². The van der Waals surface area contributed by atoms with Crippen LogP contribution in [-0.4, -0.2) is 10.9 Å². The van der Waals surface area contributed by atoms with E-state index in [-0.39, 0.29) is 11.9 Å². The molecule has 0 spiro atoms. The summed E-state index contributed by atoms with van der Waals surface area (Å²) in [5.74, 6) is 0.544. The molecule has 0 aliphatic carbocycles. The lowest BCUT2D eigenvalue weighted by molar-refractivity contribution is 0.0931. The first-order valence-electron chi connectivity index (χ1n) is 6.36. The van der Waals surface area contributed by atoms with E-state index in [4.69, 9.17) is 10.2 Å². The molecule has 0 radical (unpaired) electrons. The molecule has 1 amide bonds. The van der Waals surface area contributed by atoms with Crippen LogP contribution in [0, 0.1) is 0 Å². The maximum Gasteiger partial charge on any atom is 0.268 e. The number of nitrogen functional groups attached to an aromatic ring is 1. The minimum atomic E-state index is -0.186. The van der Waals surface area contributed by atoms with Crippen LogP contribution in [0.15, 0.2) is 47.1 Å². The number of aromatic nitrogens is 1. The van der Waals surface area contributed by atoms with Crippen LogP contribution in [0.4, 0.5) is 5.69 Å². The van der Waals surface area contributed by atoms with E-state index in [9.17, 15) is 4.79 Å². The fraction of sp³-hybridized carbons (Fsp3) is 0.133. The highest BCUT2D eigenvalue weighted by molar-refractivity contribution is 5.98. The van der Waals surface area contributed by atoms with Crippen molar-refractivity contribution in [2.24, 2.45) is 0 Å². The van der Waals surface area contributed by atoms with Crippen molar-refractivity contribution in [3.8, 4) is 0 Å². The number of carbonyl (C=O) groups excluding carboxylic acids is 1. The Hall–Kier alpha value is -2.69. The fourth-order valence-electron chi connectivity index (χ4n) is 2.16. The van der Waals surface area contributed by atoms with Crippen LogP contribution in [0.3, 0.4) is 0 Å². The third-order valence-corrected chi connectivity index (χ3v) is 3.21. The smallest absolute Gasteiger partial charge is 0.268 e. The Labute approximate surface area is 115 Å². The SMILES string of the molecule is CC(NC(=O)c1cc2cc(N)ccc2[nH]1)c1ccco1. The molecule has 1 atom stereocenters. The van der Waals surface area contributed by atoms with Gasteiger partial charge in [-0.1, -0.05) is 0 Å². The normalized spacial score (nSPS) is 12.4. The number of nitrogens with one attached hydrogen (secondary N) is 2. The second-order valence-corrected chi connectivity index (χ2v) is 4.74. The summed E-state index contributed by atoms with van der Waals surface area (Å²) in [4.78, 5) is 15.3. The molecule has 0 saturated heterocycles. The third kappa shape index (κ3) is 2.25. The number of furan rings is 1. The number of amides is 1. The van der Waals surface area contributed by atoms with Gasteiger partial charge in [0.2, 0.25) is 0 Å². The second-order valence-electron chi connectivity index (χ2n) is 4.74. The summed E-state index contributed by atoms with van der Waals surface area (Å²) in [7, 11) is 0. The van der Waals surface area contributed by atoms with E-state index < -0.39 is 0 Å². The van der Waals surface area contributed by atoms with E-state index in [1.54, 1.807) is 24.5 Å². The first-order valence-corrected chi connectivity index (χ1v) is 6.36. The maximum atomic E-state index is 12.2. The molecule has 0 saturated carbocycles. The molecule has 4 N–H and O–H groups in total. The van der Waals surface area contributed by atoms with E-state index in [0.29, 0.717) is 11.4 Å². The molecule has 3 aromatic rings. The molecule has 0 bridgehead atoms. The number of carbonyl (C=O) groups is 1. The van der Waals surface area contributed by atoms with Gasteiger partial charge in [0.15, 0.2) is 0 Å². The zero-order valence-electron chi connectivity index (χ0n) is 11.0. The van der Waals surface area contributed by atoms with Crippen LogP contribution in [0.25, 0.3) is 10.9 Å². The summed E-state index contributed by atoms with van der Waals surface area (Å²) in [5.41, 5.74) is 7.79. The van der Waals surface area contributed by atoms with Crippen molar-refractivity contribution in [1.82, 2.24) is 10.3 Å². The number of hydrogen-bond acceptors (Lipinski definition) is 3. The van der Waals surface area contributed by atoms with Crippen molar-refractivity contribution in [3.63, 3.8) is 0 Å². The van der Waals surface area contributed by atoms with Gasteiger partial charge in [0.05, 0.1) is 12.3 Å². The highest BCUT2D eigenvalue weighted by Gasteiger charge is 2.15. The predicted molar refractivity (Wildman–Crippen MR) is 77.3 cm³/mol. The Morgan fingerprint density at radius 1 is 1.35 bits per heavy atom. The third-order valence-electron chi connectivity index (χ3n) is 3.21. The van der Waals surface area contributed by atoms with Gasteiger partial charge in [-0.3, -0.25) is 4.79 Å². The lowest BCUT2D eigenvalue weighted by Crippen LogP contribution is -2.26. The average Bonchev–Trinajstić information content (AvgIpc) is 3.07. The molecular weight excluding hydrogens is 254 g/mol. The molecule has 1 aromatic carbocycles. The lowest BCUT2D eigenvalue weighted by Gasteiger charge is -2.10. The largest absolute Gasteiger partial charge is 0.467 e. The number of benzene rings is 1. The van der Waals surface area contributed by atoms with Crippen molar-refractivity contribution in [2.45, 2.75) is 13.0 Å². The highest BCUT2D eigenvalue weighted by Crippen LogP contribution is 2.19. The predicted octanol–water partition coefficient (Wildman–Crippen LogP) is 2.83. The number of aromatic amines is 1. The van der Waals surface area contributed by atoms with Gasteiger partial charge in [0.1, 0.15) is 11.5 Å². The zero-order valence-corrected chi connectivity index (χ0v) is 11.0. The van der Waals surface area contributed by atoms with E-state index in [2.05, 4.69) is 10.3 Å². The van der Waals surface area contributed by atoms with Crippen molar-refractivity contribution in [1.29, 1.82) is 0 Å².